The molecule has 36 heavy (non-hydrogen) atoms. The minimum atomic E-state index is -0.978. The third kappa shape index (κ3) is 16.4. The Balaban J connectivity index is 2.21. The summed E-state index contributed by atoms with van der Waals surface area (Å²) in [6, 6.07) is 8.12. The van der Waals surface area contributed by atoms with Gasteiger partial charge in [0.2, 0.25) is 11.8 Å². The zero-order chi connectivity index (χ0) is 26.8. The van der Waals surface area contributed by atoms with Crippen LogP contribution < -0.4 is 16.4 Å². The highest BCUT2D eigenvalue weighted by molar-refractivity contribution is 5.86. The first-order valence-electron chi connectivity index (χ1n) is 12.0. The Kier molecular flexibility index (Phi) is 14.8. The molecule has 0 aliphatic heterocycles. The van der Waals surface area contributed by atoms with Crippen LogP contribution in [0, 0.1) is 0 Å². The molecule has 0 heterocycles. The lowest BCUT2D eigenvalue weighted by Crippen LogP contribution is -2.48. The first-order valence-corrected chi connectivity index (χ1v) is 12.0. The highest BCUT2D eigenvalue weighted by atomic mass is 16.6. The van der Waals surface area contributed by atoms with Gasteiger partial charge >= 0.3 is 12.1 Å². The SMILES string of the molecule is CC(C)(C)OC(=O)CCCOCCOCCNC(=O)C(CCC(N)=O)NC(=O)OCc1ccccc1. The van der Waals surface area contributed by atoms with E-state index in [1.54, 1.807) is 12.1 Å². The van der Waals surface area contributed by atoms with Crippen LogP contribution in [0.15, 0.2) is 30.3 Å². The van der Waals surface area contributed by atoms with E-state index in [1.165, 1.54) is 0 Å². The molecule has 3 amide bonds. The quantitative estimate of drug-likeness (QED) is 0.212. The molecule has 202 valence electrons. The van der Waals surface area contributed by atoms with E-state index in [0.29, 0.717) is 26.2 Å². The van der Waals surface area contributed by atoms with Crippen molar-refractivity contribution in [1.82, 2.24) is 10.6 Å². The predicted molar refractivity (Wildman–Crippen MR) is 132 cm³/mol. The maximum absolute atomic E-state index is 12.5. The standard InChI is InChI=1S/C25H39N3O8/c1-25(2,3)36-22(30)10-7-14-33-16-17-34-15-13-27-23(31)20(11-12-21(26)29)28-24(32)35-18-19-8-5-4-6-9-19/h4-6,8-9,20H,7,10-18H2,1-3H3,(H2,26,29)(H,27,31)(H,28,32). The summed E-state index contributed by atoms with van der Waals surface area (Å²) < 4.78 is 21.2. The maximum atomic E-state index is 12.5. The minimum Gasteiger partial charge on any atom is -0.460 e. The van der Waals surface area contributed by atoms with E-state index in [0.717, 1.165) is 5.56 Å². The Bertz CT molecular complexity index is 811. The van der Waals surface area contributed by atoms with E-state index in [1.807, 2.05) is 39.0 Å². The molecule has 4 N–H and O–H groups in total. The second-order valence-electron chi connectivity index (χ2n) is 8.97. The van der Waals surface area contributed by atoms with Crippen LogP contribution in [0.5, 0.6) is 0 Å². The summed E-state index contributed by atoms with van der Waals surface area (Å²) >= 11 is 0. The van der Waals surface area contributed by atoms with Crippen LogP contribution in [0.1, 0.15) is 52.0 Å². The number of carbonyl (C=O) groups is 4. The molecule has 0 aliphatic rings. The lowest BCUT2D eigenvalue weighted by molar-refractivity contribution is -0.155. The van der Waals surface area contributed by atoms with Crippen molar-refractivity contribution in [1.29, 1.82) is 0 Å². The van der Waals surface area contributed by atoms with Crippen LogP contribution in [0.2, 0.25) is 0 Å². The molecule has 0 radical (unpaired) electrons. The third-order valence-corrected chi connectivity index (χ3v) is 4.51. The van der Waals surface area contributed by atoms with Crippen LogP contribution in [-0.2, 0) is 39.9 Å². The number of benzene rings is 1. The number of ether oxygens (including phenoxy) is 4. The van der Waals surface area contributed by atoms with Gasteiger partial charge in [-0.3, -0.25) is 14.4 Å². The second-order valence-corrected chi connectivity index (χ2v) is 8.97. The molecule has 11 heteroatoms. The highest BCUT2D eigenvalue weighted by Gasteiger charge is 2.22. The molecule has 1 atom stereocenters. The predicted octanol–water partition coefficient (Wildman–Crippen LogP) is 1.82. The molecule has 0 aliphatic carbocycles. The number of primary amides is 1. The lowest BCUT2D eigenvalue weighted by atomic mass is 10.1. The molecular weight excluding hydrogens is 470 g/mol. The van der Waals surface area contributed by atoms with Crippen LogP contribution in [0.3, 0.4) is 0 Å². The molecule has 0 aromatic heterocycles. The lowest BCUT2D eigenvalue weighted by Gasteiger charge is -2.19. The fourth-order valence-corrected chi connectivity index (χ4v) is 2.87. The normalized spacial score (nSPS) is 11.9. The van der Waals surface area contributed by atoms with Crippen molar-refractivity contribution in [3.8, 4) is 0 Å². The van der Waals surface area contributed by atoms with E-state index < -0.39 is 29.6 Å². The van der Waals surface area contributed by atoms with E-state index >= 15 is 0 Å². The molecule has 0 saturated heterocycles. The van der Waals surface area contributed by atoms with Gasteiger partial charge in [-0.1, -0.05) is 30.3 Å². The average molecular weight is 510 g/mol. The molecule has 0 spiro atoms. The van der Waals surface area contributed by atoms with Gasteiger partial charge in [-0.2, -0.15) is 0 Å². The summed E-state index contributed by atoms with van der Waals surface area (Å²) in [7, 11) is 0. The number of nitrogens with one attached hydrogen (secondary N) is 2. The monoisotopic (exact) mass is 509 g/mol. The largest absolute Gasteiger partial charge is 0.460 e. The molecule has 0 bridgehead atoms. The van der Waals surface area contributed by atoms with Gasteiger partial charge < -0.3 is 35.3 Å². The van der Waals surface area contributed by atoms with Crippen molar-refractivity contribution in [2.24, 2.45) is 5.73 Å². The Morgan fingerprint density at radius 3 is 2.25 bits per heavy atom. The Labute approximate surface area is 212 Å². The number of rotatable bonds is 17. The van der Waals surface area contributed by atoms with Gasteiger partial charge in [-0.25, -0.2) is 4.79 Å². The smallest absolute Gasteiger partial charge is 0.408 e. The van der Waals surface area contributed by atoms with Gasteiger partial charge in [-0.05, 0) is 39.2 Å². The first-order chi connectivity index (χ1) is 17.1. The summed E-state index contributed by atoms with van der Waals surface area (Å²) in [5, 5.41) is 5.12. The Hall–Kier alpha value is -3.18. The van der Waals surface area contributed by atoms with Crippen molar-refractivity contribution in [2.45, 2.75) is 64.7 Å². The van der Waals surface area contributed by atoms with Crippen molar-refractivity contribution < 1.29 is 38.1 Å². The van der Waals surface area contributed by atoms with Crippen molar-refractivity contribution >= 4 is 23.9 Å². The summed E-state index contributed by atoms with van der Waals surface area (Å²) in [6.07, 6.45) is 0.0368. The molecule has 1 aromatic rings. The first kappa shape index (κ1) is 30.9. The number of esters is 1. The van der Waals surface area contributed by atoms with Crippen LogP contribution >= 0.6 is 0 Å². The number of alkyl carbamates (subject to hydrolysis) is 1. The Morgan fingerprint density at radius 2 is 1.61 bits per heavy atom. The number of nitrogens with two attached hydrogens (primary N) is 1. The molecule has 11 nitrogen and oxygen atoms in total. The molecular formula is C25H39N3O8. The van der Waals surface area contributed by atoms with Gasteiger partial charge in [0.25, 0.3) is 0 Å². The number of amides is 3. The second kappa shape index (κ2) is 17.3. The zero-order valence-corrected chi connectivity index (χ0v) is 21.4. The Morgan fingerprint density at radius 1 is 0.944 bits per heavy atom. The fraction of sp³-hybridized carbons (Fsp3) is 0.600. The molecule has 1 unspecified atom stereocenters. The molecule has 1 aromatic carbocycles. The van der Waals surface area contributed by atoms with Gasteiger partial charge in [0.05, 0.1) is 19.8 Å². The summed E-state index contributed by atoms with van der Waals surface area (Å²) in [6.45, 7) is 7.01. The molecule has 1 rings (SSSR count). The topological polar surface area (TPSA) is 155 Å². The van der Waals surface area contributed by atoms with Gasteiger partial charge in [0.15, 0.2) is 0 Å². The minimum absolute atomic E-state index is 0.0413. The van der Waals surface area contributed by atoms with E-state index in [-0.39, 0.29) is 45.0 Å². The van der Waals surface area contributed by atoms with Gasteiger partial charge in [0.1, 0.15) is 18.2 Å². The van der Waals surface area contributed by atoms with Gasteiger partial charge in [0, 0.05) is 26.0 Å². The van der Waals surface area contributed by atoms with Crippen molar-refractivity contribution in [3.05, 3.63) is 35.9 Å². The molecule has 0 saturated carbocycles. The third-order valence-electron chi connectivity index (χ3n) is 4.51. The summed E-state index contributed by atoms with van der Waals surface area (Å²) in [5.74, 6) is -1.32. The molecule has 0 fully saturated rings. The number of carbonyl (C=O) groups excluding carboxylic acids is 4. The summed E-state index contributed by atoms with van der Waals surface area (Å²) in [4.78, 5) is 47.3. The van der Waals surface area contributed by atoms with E-state index in [2.05, 4.69) is 10.6 Å². The fourth-order valence-electron chi connectivity index (χ4n) is 2.87. The van der Waals surface area contributed by atoms with Crippen LogP contribution in [0.4, 0.5) is 4.79 Å². The zero-order valence-electron chi connectivity index (χ0n) is 21.4. The number of hydrogen-bond acceptors (Lipinski definition) is 8. The summed E-state index contributed by atoms with van der Waals surface area (Å²) in [5.41, 5.74) is 5.48. The maximum Gasteiger partial charge on any atom is 0.408 e. The van der Waals surface area contributed by atoms with Gasteiger partial charge in [-0.15, -0.1) is 0 Å². The van der Waals surface area contributed by atoms with Crippen molar-refractivity contribution in [2.75, 3.05) is 33.0 Å². The van der Waals surface area contributed by atoms with E-state index in [4.69, 9.17) is 24.7 Å². The van der Waals surface area contributed by atoms with Crippen molar-refractivity contribution in [3.63, 3.8) is 0 Å². The van der Waals surface area contributed by atoms with E-state index in [9.17, 15) is 19.2 Å². The van der Waals surface area contributed by atoms with Crippen LogP contribution in [0.25, 0.3) is 0 Å². The average Bonchev–Trinajstić information content (AvgIpc) is 2.80. The van der Waals surface area contributed by atoms with Crippen LogP contribution in [-0.4, -0.2) is 68.5 Å². The number of hydrogen-bond donors (Lipinski definition) is 3. The highest BCUT2D eigenvalue weighted by Crippen LogP contribution is 2.09.